The second-order valence-corrected chi connectivity index (χ2v) is 8.90. The zero-order chi connectivity index (χ0) is 24.5. The summed E-state index contributed by atoms with van der Waals surface area (Å²) < 4.78 is 16.4. The largest absolute Gasteiger partial charge is 0.368 e. The molecular formula is C25H27FN8O. The van der Waals surface area contributed by atoms with Gasteiger partial charge in [0.05, 0.1) is 35.0 Å². The Morgan fingerprint density at radius 2 is 2.06 bits per heavy atom. The Labute approximate surface area is 202 Å². The molecule has 3 N–H and O–H groups in total. The van der Waals surface area contributed by atoms with Crippen LogP contribution in [-0.4, -0.2) is 63.6 Å². The van der Waals surface area contributed by atoms with Crippen molar-refractivity contribution in [1.82, 2.24) is 24.5 Å². The Morgan fingerprint density at radius 3 is 2.86 bits per heavy atom. The highest BCUT2D eigenvalue weighted by Gasteiger charge is 2.20. The van der Waals surface area contributed by atoms with Crippen LogP contribution in [0.5, 0.6) is 0 Å². The van der Waals surface area contributed by atoms with Crippen molar-refractivity contribution in [3.8, 4) is 11.3 Å². The van der Waals surface area contributed by atoms with E-state index in [-0.39, 0.29) is 17.5 Å². The van der Waals surface area contributed by atoms with Crippen molar-refractivity contribution in [1.29, 1.82) is 0 Å². The van der Waals surface area contributed by atoms with E-state index in [1.807, 2.05) is 12.1 Å². The Hall–Kier alpha value is -4.05. The summed E-state index contributed by atoms with van der Waals surface area (Å²) >= 11 is 0. The van der Waals surface area contributed by atoms with Crippen LogP contribution in [0, 0.1) is 5.82 Å². The normalized spacial score (nSPS) is 15.9. The number of carbonyl (C=O) groups excluding carboxylic acids is 1. The molecular weight excluding hydrogens is 447 g/mol. The Balaban J connectivity index is 1.50. The van der Waals surface area contributed by atoms with Crippen molar-refractivity contribution >= 4 is 28.7 Å². The van der Waals surface area contributed by atoms with Crippen molar-refractivity contribution in [2.24, 2.45) is 5.73 Å². The molecule has 180 valence electrons. The highest BCUT2D eigenvalue weighted by molar-refractivity contribution is 5.95. The van der Waals surface area contributed by atoms with E-state index in [0.717, 1.165) is 42.8 Å². The summed E-state index contributed by atoms with van der Waals surface area (Å²) in [5.41, 5.74) is 9.72. The van der Waals surface area contributed by atoms with Gasteiger partial charge in [-0.3, -0.25) is 9.78 Å². The molecule has 0 saturated carbocycles. The molecule has 10 heteroatoms. The fourth-order valence-corrected chi connectivity index (χ4v) is 4.33. The molecule has 35 heavy (non-hydrogen) atoms. The van der Waals surface area contributed by atoms with Crippen molar-refractivity contribution in [2.75, 3.05) is 37.4 Å². The fourth-order valence-electron chi connectivity index (χ4n) is 4.33. The highest BCUT2D eigenvalue weighted by atomic mass is 19.1. The maximum Gasteiger partial charge on any atom is 0.253 e. The summed E-state index contributed by atoms with van der Waals surface area (Å²) in [6.45, 7) is 1.68. The van der Waals surface area contributed by atoms with Gasteiger partial charge in [0.25, 0.3) is 5.91 Å². The molecule has 0 aliphatic carbocycles. The fraction of sp³-hybridized carbons (Fsp3) is 0.280. The second-order valence-electron chi connectivity index (χ2n) is 8.90. The predicted molar refractivity (Wildman–Crippen MR) is 133 cm³/mol. The number of pyridine rings is 1. The number of amides is 1. The standard InChI is InChI=1S/C25H27FN8O/c1-32(2)24(35)16-5-7-20(26)19(12-16)21-8-6-18-13-29-25(34(18)31-21)30-22-14-28-10-9-23(22)33-11-3-4-17(27)15-33/h5-10,12-14,17H,3-4,11,15,27H2,1-2H3,(H,29,30). The molecule has 1 amide bonds. The van der Waals surface area contributed by atoms with Crippen molar-refractivity contribution in [2.45, 2.75) is 18.9 Å². The van der Waals surface area contributed by atoms with Gasteiger partial charge in [-0.1, -0.05) is 0 Å². The maximum absolute atomic E-state index is 14.8. The lowest BCUT2D eigenvalue weighted by atomic mass is 10.1. The molecule has 4 heterocycles. The van der Waals surface area contributed by atoms with Gasteiger partial charge >= 0.3 is 0 Å². The van der Waals surface area contributed by atoms with Crippen LogP contribution in [0.3, 0.4) is 0 Å². The Bertz CT molecular complexity index is 1390. The molecule has 1 fully saturated rings. The molecule has 1 atom stereocenters. The number of carbonyl (C=O) groups is 1. The van der Waals surface area contributed by atoms with Crippen LogP contribution in [0.15, 0.2) is 55.0 Å². The van der Waals surface area contributed by atoms with Gasteiger partial charge in [-0.25, -0.2) is 9.37 Å². The number of nitrogens with one attached hydrogen (secondary N) is 1. The van der Waals surface area contributed by atoms with Crippen molar-refractivity contribution in [3.63, 3.8) is 0 Å². The van der Waals surface area contributed by atoms with Gasteiger partial charge in [-0.05, 0) is 49.2 Å². The van der Waals surface area contributed by atoms with E-state index in [2.05, 4.69) is 25.3 Å². The lowest BCUT2D eigenvalue weighted by molar-refractivity contribution is 0.0827. The average Bonchev–Trinajstić information content (AvgIpc) is 3.26. The smallest absolute Gasteiger partial charge is 0.253 e. The predicted octanol–water partition coefficient (Wildman–Crippen LogP) is 3.30. The first-order chi connectivity index (χ1) is 16.9. The van der Waals surface area contributed by atoms with Gasteiger partial charge in [0.2, 0.25) is 5.95 Å². The zero-order valence-corrected chi connectivity index (χ0v) is 19.6. The number of rotatable bonds is 5. The monoisotopic (exact) mass is 474 g/mol. The minimum atomic E-state index is -0.460. The first-order valence-electron chi connectivity index (χ1n) is 11.5. The SMILES string of the molecule is CN(C)C(=O)c1ccc(F)c(-c2ccc3cnc(Nc4cnccc4N4CCCC(N)C4)n3n2)c1. The summed E-state index contributed by atoms with van der Waals surface area (Å²) in [7, 11) is 3.31. The molecule has 9 nitrogen and oxygen atoms in total. The third kappa shape index (κ3) is 4.52. The number of fused-ring (bicyclic) bond motifs is 1. The van der Waals surface area contributed by atoms with Gasteiger partial charge in [-0.2, -0.15) is 9.61 Å². The number of benzene rings is 1. The number of nitrogens with zero attached hydrogens (tertiary/aromatic N) is 6. The number of piperidine rings is 1. The number of halogens is 1. The van der Waals surface area contributed by atoms with Crippen molar-refractivity contribution < 1.29 is 9.18 Å². The molecule has 1 aromatic carbocycles. The van der Waals surface area contributed by atoms with Crippen LogP contribution in [-0.2, 0) is 0 Å². The Morgan fingerprint density at radius 1 is 1.20 bits per heavy atom. The molecule has 0 spiro atoms. The molecule has 3 aromatic heterocycles. The highest BCUT2D eigenvalue weighted by Crippen LogP contribution is 2.30. The summed E-state index contributed by atoms with van der Waals surface area (Å²) in [4.78, 5) is 24.8. The number of imidazole rings is 1. The van der Waals surface area contributed by atoms with Crippen LogP contribution < -0.4 is 16.0 Å². The average molecular weight is 475 g/mol. The molecule has 1 aliphatic rings. The summed E-state index contributed by atoms with van der Waals surface area (Å²) in [6.07, 6.45) is 7.23. The topological polar surface area (TPSA) is 105 Å². The van der Waals surface area contributed by atoms with Gasteiger partial charge in [-0.15, -0.1) is 0 Å². The van der Waals surface area contributed by atoms with E-state index in [1.165, 1.54) is 23.1 Å². The van der Waals surface area contributed by atoms with Gasteiger partial charge in [0.1, 0.15) is 5.82 Å². The van der Waals surface area contributed by atoms with E-state index in [9.17, 15) is 9.18 Å². The van der Waals surface area contributed by atoms with Crippen LogP contribution in [0.4, 0.5) is 21.7 Å². The lowest BCUT2D eigenvalue weighted by Gasteiger charge is -2.33. The summed E-state index contributed by atoms with van der Waals surface area (Å²) in [5.74, 6) is -0.199. The second kappa shape index (κ2) is 9.30. The first-order valence-corrected chi connectivity index (χ1v) is 11.5. The lowest BCUT2D eigenvalue weighted by Crippen LogP contribution is -2.43. The Kier molecular flexibility index (Phi) is 6.04. The van der Waals surface area contributed by atoms with Crippen LogP contribution in [0.25, 0.3) is 16.8 Å². The zero-order valence-electron chi connectivity index (χ0n) is 19.6. The van der Waals surface area contributed by atoms with Gasteiger partial charge < -0.3 is 20.9 Å². The molecule has 1 unspecified atom stereocenters. The molecule has 4 aromatic rings. The van der Waals surface area contributed by atoms with Crippen LogP contribution in [0.2, 0.25) is 0 Å². The molecule has 1 aliphatic heterocycles. The van der Waals surface area contributed by atoms with E-state index < -0.39 is 5.82 Å². The summed E-state index contributed by atoms with van der Waals surface area (Å²) in [5, 5.41) is 7.97. The summed E-state index contributed by atoms with van der Waals surface area (Å²) in [6, 6.07) is 9.90. The number of hydrogen-bond donors (Lipinski definition) is 2. The van der Waals surface area contributed by atoms with E-state index in [4.69, 9.17) is 5.73 Å². The minimum absolute atomic E-state index is 0.131. The van der Waals surface area contributed by atoms with Crippen LogP contribution >= 0.6 is 0 Å². The minimum Gasteiger partial charge on any atom is -0.368 e. The number of hydrogen-bond acceptors (Lipinski definition) is 7. The number of anilines is 3. The molecule has 0 radical (unpaired) electrons. The number of aromatic nitrogens is 4. The van der Waals surface area contributed by atoms with Crippen LogP contribution in [0.1, 0.15) is 23.2 Å². The van der Waals surface area contributed by atoms with E-state index in [1.54, 1.807) is 43.3 Å². The maximum atomic E-state index is 14.8. The molecule has 5 rings (SSSR count). The van der Waals surface area contributed by atoms with Crippen molar-refractivity contribution in [3.05, 3.63) is 66.4 Å². The van der Waals surface area contributed by atoms with Gasteiger partial charge in [0, 0.05) is 50.6 Å². The van der Waals surface area contributed by atoms with Gasteiger partial charge in [0.15, 0.2) is 0 Å². The van der Waals surface area contributed by atoms with E-state index >= 15 is 0 Å². The molecule has 0 bridgehead atoms. The quantitative estimate of drug-likeness (QED) is 0.457. The van der Waals surface area contributed by atoms with E-state index in [0.29, 0.717) is 17.2 Å². The third-order valence-corrected chi connectivity index (χ3v) is 6.12. The number of nitrogens with two attached hydrogens (primary N) is 1. The third-order valence-electron chi connectivity index (χ3n) is 6.12. The molecule has 1 saturated heterocycles. The first kappa shape index (κ1) is 22.7.